The maximum Gasteiger partial charge on any atom is 0.362 e. The summed E-state index contributed by atoms with van der Waals surface area (Å²) in [5.74, 6) is -0.807. The highest BCUT2D eigenvalue weighted by Gasteiger charge is 2.08. The molecule has 1 N–H and O–H groups in total. The summed E-state index contributed by atoms with van der Waals surface area (Å²) in [5.41, 5.74) is 5.06. The standard InChI is InChI=1S/C25H19N3O3/c29-24(16-18-6-2-1-3-7-18)27-26-22-12-14-23(15-13-22)28-31-25(30)21-11-10-19-8-4-5-9-20(19)17-21/h1-15,17,28H,16H2. The van der Waals surface area contributed by atoms with Gasteiger partial charge in [-0.3, -0.25) is 4.79 Å². The van der Waals surface area contributed by atoms with E-state index >= 15 is 0 Å². The van der Waals surface area contributed by atoms with E-state index in [0.29, 0.717) is 16.9 Å². The number of carbonyl (C=O) groups is 2. The Morgan fingerprint density at radius 1 is 0.774 bits per heavy atom. The van der Waals surface area contributed by atoms with Crippen molar-refractivity contribution in [1.82, 2.24) is 0 Å². The number of hydrogen-bond acceptors (Lipinski definition) is 5. The largest absolute Gasteiger partial charge is 0.362 e. The monoisotopic (exact) mass is 409 g/mol. The molecule has 0 bridgehead atoms. The molecule has 4 aromatic rings. The first-order valence-corrected chi connectivity index (χ1v) is 9.72. The van der Waals surface area contributed by atoms with Crippen LogP contribution in [0, 0.1) is 0 Å². The van der Waals surface area contributed by atoms with E-state index in [0.717, 1.165) is 16.3 Å². The molecule has 152 valence electrons. The van der Waals surface area contributed by atoms with E-state index in [1.54, 1.807) is 36.4 Å². The second-order valence-corrected chi connectivity index (χ2v) is 6.86. The SMILES string of the molecule is O=C(Cc1ccccc1)N=Nc1ccc(NOC(=O)c2ccc3ccccc3c2)cc1. The number of fused-ring (bicyclic) bond motifs is 1. The molecule has 0 heterocycles. The van der Waals surface area contributed by atoms with Gasteiger partial charge >= 0.3 is 5.97 Å². The van der Waals surface area contributed by atoms with Crippen molar-refractivity contribution in [2.75, 3.05) is 5.48 Å². The molecule has 0 atom stereocenters. The Morgan fingerprint density at radius 3 is 2.26 bits per heavy atom. The Labute approximate surface area is 179 Å². The zero-order valence-electron chi connectivity index (χ0n) is 16.6. The van der Waals surface area contributed by atoms with Gasteiger partial charge in [0.1, 0.15) is 0 Å². The van der Waals surface area contributed by atoms with Crippen molar-refractivity contribution in [2.45, 2.75) is 6.42 Å². The third-order valence-electron chi connectivity index (χ3n) is 4.59. The first kappa shape index (κ1) is 20.0. The van der Waals surface area contributed by atoms with Crippen LogP contribution in [0.4, 0.5) is 11.4 Å². The van der Waals surface area contributed by atoms with Gasteiger partial charge in [-0.25, -0.2) is 10.3 Å². The minimum atomic E-state index is -0.485. The number of nitrogens with one attached hydrogen (secondary N) is 1. The Morgan fingerprint density at radius 2 is 1.48 bits per heavy atom. The van der Waals surface area contributed by atoms with Gasteiger partial charge in [-0.15, -0.1) is 10.2 Å². The first-order chi connectivity index (χ1) is 15.2. The number of anilines is 1. The van der Waals surface area contributed by atoms with Gasteiger partial charge in [0.25, 0.3) is 5.91 Å². The van der Waals surface area contributed by atoms with Crippen molar-refractivity contribution in [3.05, 3.63) is 108 Å². The number of azo groups is 1. The van der Waals surface area contributed by atoms with Crippen LogP contribution in [-0.4, -0.2) is 11.9 Å². The lowest BCUT2D eigenvalue weighted by Crippen LogP contribution is -2.10. The summed E-state index contributed by atoms with van der Waals surface area (Å²) in [6.07, 6.45) is 0.203. The molecule has 4 rings (SSSR count). The van der Waals surface area contributed by atoms with Gasteiger partial charge in [0.05, 0.1) is 23.4 Å². The summed E-state index contributed by atoms with van der Waals surface area (Å²) >= 11 is 0. The smallest absolute Gasteiger partial charge is 0.338 e. The molecule has 6 nitrogen and oxygen atoms in total. The summed E-state index contributed by atoms with van der Waals surface area (Å²) in [7, 11) is 0. The van der Waals surface area contributed by atoms with E-state index in [1.165, 1.54) is 0 Å². The van der Waals surface area contributed by atoms with Crippen LogP contribution in [0.3, 0.4) is 0 Å². The van der Waals surface area contributed by atoms with Crippen LogP contribution in [0.5, 0.6) is 0 Å². The van der Waals surface area contributed by atoms with Crippen molar-refractivity contribution in [1.29, 1.82) is 0 Å². The third-order valence-corrected chi connectivity index (χ3v) is 4.59. The Kier molecular flexibility index (Phi) is 6.09. The average Bonchev–Trinajstić information content (AvgIpc) is 2.82. The summed E-state index contributed by atoms with van der Waals surface area (Å²) in [6.45, 7) is 0. The van der Waals surface area contributed by atoms with E-state index in [9.17, 15) is 9.59 Å². The topological polar surface area (TPSA) is 80.1 Å². The molecule has 0 radical (unpaired) electrons. The highest BCUT2D eigenvalue weighted by atomic mass is 16.7. The van der Waals surface area contributed by atoms with Crippen molar-refractivity contribution < 1.29 is 14.4 Å². The predicted molar refractivity (Wildman–Crippen MR) is 119 cm³/mol. The van der Waals surface area contributed by atoms with Gasteiger partial charge in [-0.2, -0.15) is 0 Å². The first-order valence-electron chi connectivity index (χ1n) is 9.72. The van der Waals surface area contributed by atoms with Crippen LogP contribution in [0.2, 0.25) is 0 Å². The predicted octanol–water partition coefficient (Wildman–Crippen LogP) is 5.88. The number of rotatable bonds is 6. The maximum atomic E-state index is 12.3. The fraction of sp³-hybridized carbons (Fsp3) is 0.0400. The molecule has 0 saturated carbocycles. The van der Waals surface area contributed by atoms with Gasteiger partial charge in [0.2, 0.25) is 0 Å². The van der Waals surface area contributed by atoms with Gasteiger partial charge in [-0.1, -0.05) is 60.7 Å². The summed E-state index contributed by atoms with van der Waals surface area (Å²) < 4.78 is 0. The van der Waals surface area contributed by atoms with Crippen LogP contribution in [0.15, 0.2) is 107 Å². The van der Waals surface area contributed by atoms with Crippen LogP contribution < -0.4 is 5.48 Å². The number of carbonyl (C=O) groups excluding carboxylic acids is 2. The fourth-order valence-corrected chi connectivity index (χ4v) is 3.00. The highest BCUT2D eigenvalue weighted by molar-refractivity contribution is 5.95. The molecule has 4 aromatic carbocycles. The quantitative estimate of drug-likeness (QED) is 0.319. The molecule has 1 amide bonds. The maximum absolute atomic E-state index is 12.3. The minimum Gasteiger partial charge on any atom is -0.338 e. The molecule has 0 saturated heterocycles. The summed E-state index contributed by atoms with van der Waals surface area (Å²) in [6, 6.07) is 29.3. The lowest BCUT2D eigenvalue weighted by atomic mass is 10.1. The lowest BCUT2D eigenvalue weighted by molar-refractivity contribution is -0.117. The van der Waals surface area contributed by atoms with E-state index in [2.05, 4.69) is 15.7 Å². The molecule has 0 fully saturated rings. The molecule has 0 aliphatic rings. The molecule has 0 spiro atoms. The van der Waals surface area contributed by atoms with Gasteiger partial charge in [-0.05, 0) is 52.7 Å². The Hall–Kier alpha value is -4.32. The van der Waals surface area contributed by atoms with Crippen LogP contribution in [-0.2, 0) is 16.1 Å². The van der Waals surface area contributed by atoms with E-state index in [1.807, 2.05) is 60.7 Å². The molecule has 31 heavy (non-hydrogen) atoms. The van der Waals surface area contributed by atoms with Crippen molar-refractivity contribution in [3.63, 3.8) is 0 Å². The number of benzene rings is 4. The van der Waals surface area contributed by atoms with Gasteiger partial charge in [0.15, 0.2) is 0 Å². The second-order valence-electron chi connectivity index (χ2n) is 6.86. The Bertz CT molecular complexity index is 1240. The summed E-state index contributed by atoms with van der Waals surface area (Å²) in [4.78, 5) is 29.4. The molecule has 0 aliphatic carbocycles. The van der Waals surface area contributed by atoms with E-state index < -0.39 is 5.97 Å². The molecule has 0 aromatic heterocycles. The zero-order chi connectivity index (χ0) is 21.5. The van der Waals surface area contributed by atoms with Crippen LogP contribution in [0.25, 0.3) is 10.8 Å². The number of nitrogens with zero attached hydrogens (tertiary/aromatic N) is 2. The molecule has 0 aliphatic heterocycles. The highest BCUT2D eigenvalue weighted by Crippen LogP contribution is 2.19. The number of amides is 1. The molecule has 6 heteroatoms. The van der Waals surface area contributed by atoms with Crippen molar-refractivity contribution in [2.24, 2.45) is 10.2 Å². The average molecular weight is 409 g/mol. The second kappa shape index (κ2) is 9.45. The lowest BCUT2D eigenvalue weighted by Gasteiger charge is -2.07. The van der Waals surface area contributed by atoms with Crippen molar-refractivity contribution >= 4 is 34.0 Å². The van der Waals surface area contributed by atoms with Gasteiger partial charge in [0, 0.05) is 0 Å². The van der Waals surface area contributed by atoms with E-state index in [-0.39, 0.29) is 12.3 Å². The van der Waals surface area contributed by atoms with Crippen molar-refractivity contribution in [3.8, 4) is 0 Å². The molecule has 0 unspecified atom stereocenters. The van der Waals surface area contributed by atoms with Crippen LogP contribution in [0.1, 0.15) is 15.9 Å². The Balaban J connectivity index is 1.31. The van der Waals surface area contributed by atoms with Crippen LogP contribution >= 0.6 is 0 Å². The number of hydrogen-bond donors (Lipinski definition) is 1. The molecular formula is C25H19N3O3. The summed E-state index contributed by atoms with van der Waals surface area (Å²) in [5, 5.41) is 9.71. The van der Waals surface area contributed by atoms with E-state index in [4.69, 9.17) is 4.84 Å². The van der Waals surface area contributed by atoms with Gasteiger partial charge < -0.3 is 4.84 Å². The minimum absolute atomic E-state index is 0.203. The zero-order valence-corrected chi connectivity index (χ0v) is 16.6. The fourth-order valence-electron chi connectivity index (χ4n) is 3.00. The normalized spacial score (nSPS) is 10.8. The third kappa shape index (κ3) is 5.39. The molecular weight excluding hydrogens is 390 g/mol.